The van der Waals surface area contributed by atoms with Gasteiger partial charge < -0.3 is 0 Å². The number of halogens is 1. The minimum atomic E-state index is 0.879. The van der Waals surface area contributed by atoms with Crippen molar-refractivity contribution in [3.8, 4) is 0 Å². The number of hydrogen-bond acceptors (Lipinski definition) is 1. The van der Waals surface area contributed by atoms with Crippen molar-refractivity contribution in [3.63, 3.8) is 0 Å². The van der Waals surface area contributed by atoms with Crippen LogP contribution in [0.3, 0.4) is 0 Å². The van der Waals surface area contributed by atoms with Gasteiger partial charge in [-0.1, -0.05) is 46.8 Å². The van der Waals surface area contributed by atoms with Crippen LogP contribution in [0.2, 0.25) is 0 Å². The minimum absolute atomic E-state index is 0.879. The zero-order valence-corrected chi connectivity index (χ0v) is 11.8. The van der Waals surface area contributed by atoms with Gasteiger partial charge in [0.2, 0.25) is 0 Å². The highest BCUT2D eigenvalue weighted by molar-refractivity contribution is 9.09. The minimum Gasteiger partial charge on any atom is -0.161 e. The summed E-state index contributed by atoms with van der Waals surface area (Å²) in [5.41, 5.74) is 1.71. The van der Waals surface area contributed by atoms with E-state index in [1.165, 1.54) is 50.0 Å². The zero-order valence-electron chi connectivity index (χ0n) is 9.38. The molecule has 1 aliphatic carbocycles. The molecule has 2 aliphatic rings. The fraction of sp³-hybridized carbons (Fsp3) is 0.846. The van der Waals surface area contributed by atoms with Gasteiger partial charge in [0, 0.05) is 5.33 Å². The van der Waals surface area contributed by atoms with Crippen molar-refractivity contribution < 1.29 is 0 Å². The van der Waals surface area contributed by atoms with Gasteiger partial charge in [-0.2, -0.15) is 11.8 Å². The first-order chi connectivity index (χ1) is 7.40. The van der Waals surface area contributed by atoms with Crippen LogP contribution in [0.1, 0.15) is 38.5 Å². The second-order valence-electron chi connectivity index (χ2n) is 4.83. The molecule has 0 aromatic rings. The molecule has 2 rings (SSSR count). The molecule has 15 heavy (non-hydrogen) atoms. The van der Waals surface area contributed by atoms with E-state index in [9.17, 15) is 0 Å². The van der Waals surface area contributed by atoms with Crippen LogP contribution in [0.4, 0.5) is 0 Å². The number of allylic oxidation sites excluding steroid dienone is 2. The van der Waals surface area contributed by atoms with Gasteiger partial charge in [0.1, 0.15) is 0 Å². The summed E-state index contributed by atoms with van der Waals surface area (Å²) in [5, 5.41) is 1.11. The summed E-state index contributed by atoms with van der Waals surface area (Å²) in [7, 11) is 0. The highest BCUT2D eigenvalue weighted by Gasteiger charge is 2.20. The summed E-state index contributed by atoms with van der Waals surface area (Å²) >= 11 is 5.80. The first-order valence-electron chi connectivity index (χ1n) is 6.24. The van der Waals surface area contributed by atoms with Crippen molar-refractivity contribution in [1.29, 1.82) is 0 Å². The SMILES string of the molecule is BrCC(=CC1CCSC1)C1CCCCC1. The molecule has 0 nitrogen and oxygen atoms in total. The maximum absolute atomic E-state index is 3.68. The molecule has 1 saturated carbocycles. The summed E-state index contributed by atoms with van der Waals surface area (Å²) < 4.78 is 0. The van der Waals surface area contributed by atoms with Gasteiger partial charge in [-0.15, -0.1) is 0 Å². The molecule has 0 spiro atoms. The Balaban J connectivity index is 1.94. The standard InChI is InChI=1S/C13H21BrS/c14-9-13(8-11-6-7-15-10-11)12-4-2-1-3-5-12/h8,11-12H,1-7,9-10H2. The molecule has 0 radical (unpaired) electrons. The second-order valence-corrected chi connectivity index (χ2v) is 6.54. The van der Waals surface area contributed by atoms with E-state index < -0.39 is 0 Å². The van der Waals surface area contributed by atoms with Crippen LogP contribution in [0, 0.1) is 11.8 Å². The maximum Gasteiger partial charge on any atom is 0.0244 e. The highest BCUT2D eigenvalue weighted by atomic mass is 79.9. The third kappa shape index (κ3) is 3.52. The molecule has 2 heteroatoms. The van der Waals surface area contributed by atoms with Crippen molar-refractivity contribution in [2.45, 2.75) is 38.5 Å². The second kappa shape index (κ2) is 6.34. The van der Waals surface area contributed by atoms with Gasteiger partial charge in [0.15, 0.2) is 0 Å². The molecule has 1 atom stereocenters. The van der Waals surface area contributed by atoms with E-state index in [0.717, 1.165) is 17.2 Å². The molecule has 1 heterocycles. The normalized spacial score (nSPS) is 29.7. The van der Waals surface area contributed by atoms with E-state index in [1.807, 2.05) is 0 Å². The summed E-state index contributed by atoms with van der Waals surface area (Å²) in [4.78, 5) is 0. The fourth-order valence-corrected chi connectivity index (χ4v) is 4.60. The van der Waals surface area contributed by atoms with E-state index in [4.69, 9.17) is 0 Å². The highest BCUT2D eigenvalue weighted by Crippen LogP contribution is 2.33. The third-order valence-electron chi connectivity index (χ3n) is 3.70. The van der Waals surface area contributed by atoms with Crippen molar-refractivity contribution in [1.82, 2.24) is 0 Å². The van der Waals surface area contributed by atoms with Gasteiger partial charge >= 0.3 is 0 Å². The van der Waals surface area contributed by atoms with Crippen molar-refractivity contribution in [3.05, 3.63) is 11.6 Å². The predicted octanol–water partition coefficient (Wildman–Crippen LogP) is 4.64. The molecule has 1 unspecified atom stereocenters. The smallest absolute Gasteiger partial charge is 0.0244 e. The van der Waals surface area contributed by atoms with Crippen molar-refractivity contribution >= 4 is 27.7 Å². The van der Waals surface area contributed by atoms with Crippen LogP contribution in [0.5, 0.6) is 0 Å². The van der Waals surface area contributed by atoms with Crippen molar-refractivity contribution in [2.24, 2.45) is 11.8 Å². The average Bonchev–Trinajstić information content (AvgIpc) is 2.80. The van der Waals surface area contributed by atoms with Crippen molar-refractivity contribution in [2.75, 3.05) is 16.8 Å². The van der Waals surface area contributed by atoms with Crippen LogP contribution in [0.25, 0.3) is 0 Å². The Bertz CT molecular complexity index is 213. The summed E-state index contributed by atoms with van der Waals surface area (Å²) in [6.45, 7) is 0. The zero-order chi connectivity index (χ0) is 10.5. The van der Waals surface area contributed by atoms with Crippen LogP contribution >= 0.6 is 27.7 Å². The van der Waals surface area contributed by atoms with E-state index in [1.54, 1.807) is 5.57 Å². The van der Waals surface area contributed by atoms with Gasteiger partial charge in [0.25, 0.3) is 0 Å². The molecule has 0 amide bonds. The van der Waals surface area contributed by atoms with Crippen LogP contribution in [0.15, 0.2) is 11.6 Å². The lowest BCUT2D eigenvalue weighted by Crippen LogP contribution is -2.11. The Labute approximate surface area is 106 Å². The van der Waals surface area contributed by atoms with Crippen LogP contribution < -0.4 is 0 Å². The van der Waals surface area contributed by atoms with Gasteiger partial charge in [-0.05, 0) is 42.6 Å². The van der Waals surface area contributed by atoms with Gasteiger partial charge in [-0.25, -0.2) is 0 Å². The maximum atomic E-state index is 3.68. The Morgan fingerprint density at radius 3 is 2.60 bits per heavy atom. The van der Waals surface area contributed by atoms with Crippen LogP contribution in [-0.2, 0) is 0 Å². The lowest BCUT2D eigenvalue weighted by atomic mass is 9.83. The molecule has 1 saturated heterocycles. The number of rotatable bonds is 3. The molecule has 0 bridgehead atoms. The molecule has 2 fully saturated rings. The van der Waals surface area contributed by atoms with Gasteiger partial charge in [0.05, 0.1) is 0 Å². The topological polar surface area (TPSA) is 0 Å². The average molecular weight is 289 g/mol. The number of hydrogen-bond donors (Lipinski definition) is 0. The van der Waals surface area contributed by atoms with Crippen LogP contribution in [-0.4, -0.2) is 16.8 Å². The Kier molecular flexibility index (Phi) is 5.09. The Morgan fingerprint density at radius 1 is 1.20 bits per heavy atom. The van der Waals surface area contributed by atoms with E-state index >= 15 is 0 Å². The molecule has 0 aromatic carbocycles. The summed E-state index contributed by atoms with van der Waals surface area (Å²) in [6, 6.07) is 0. The lowest BCUT2D eigenvalue weighted by Gasteiger charge is -2.24. The predicted molar refractivity (Wildman–Crippen MR) is 73.9 cm³/mol. The third-order valence-corrected chi connectivity index (χ3v) is 5.53. The molecular formula is C13H21BrS. The van der Waals surface area contributed by atoms with E-state index in [-0.39, 0.29) is 0 Å². The number of thioether (sulfide) groups is 1. The lowest BCUT2D eigenvalue weighted by molar-refractivity contribution is 0.402. The molecule has 86 valence electrons. The van der Waals surface area contributed by atoms with E-state index in [0.29, 0.717) is 0 Å². The largest absolute Gasteiger partial charge is 0.161 e. The summed E-state index contributed by atoms with van der Waals surface area (Å²) in [6.07, 6.45) is 11.3. The fourth-order valence-electron chi connectivity index (χ4n) is 2.75. The van der Waals surface area contributed by atoms with E-state index in [2.05, 4.69) is 33.8 Å². The first kappa shape index (κ1) is 12.0. The molecule has 0 aromatic heterocycles. The summed E-state index contributed by atoms with van der Waals surface area (Å²) in [5.74, 6) is 4.53. The number of alkyl halides is 1. The Morgan fingerprint density at radius 2 is 2.00 bits per heavy atom. The monoisotopic (exact) mass is 288 g/mol. The molecule has 1 aliphatic heterocycles. The first-order valence-corrected chi connectivity index (χ1v) is 8.52. The molecular weight excluding hydrogens is 268 g/mol. The van der Waals surface area contributed by atoms with Gasteiger partial charge in [-0.3, -0.25) is 0 Å². The molecule has 0 N–H and O–H groups in total. The Hall–Kier alpha value is 0.570. The quantitative estimate of drug-likeness (QED) is 0.538.